The van der Waals surface area contributed by atoms with E-state index in [0.29, 0.717) is 12.3 Å². The highest BCUT2D eigenvalue weighted by atomic mass is 16.5. The molecule has 4 N–H and O–H groups in total. The molecule has 0 aliphatic heterocycles. The minimum Gasteiger partial charge on any atom is -0.491 e. The van der Waals surface area contributed by atoms with Gasteiger partial charge in [0.15, 0.2) is 6.61 Å². The number of fused-ring (bicyclic) bond motifs is 1. The van der Waals surface area contributed by atoms with Gasteiger partial charge in [0.1, 0.15) is 24.2 Å². The van der Waals surface area contributed by atoms with Crippen LogP contribution in [0.2, 0.25) is 0 Å². The average molecular weight is 398 g/mol. The normalized spacial score (nSPS) is 13.2. The van der Waals surface area contributed by atoms with Crippen molar-refractivity contribution in [1.82, 2.24) is 10.3 Å². The van der Waals surface area contributed by atoms with Crippen molar-refractivity contribution in [3.8, 4) is 11.5 Å². The van der Waals surface area contributed by atoms with Crippen LogP contribution < -0.4 is 14.8 Å². The van der Waals surface area contributed by atoms with Gasteiger partial charge in [-0.2, -0.15) is 0 Å². The van der Waals surface area contributed by atoms with E-state index in [2.05, 4.69) is 10.3 Å². The first kappa shape index (κ1) is 20.7. The van der Waals surface area contributed by atoms with Crippen molar-refractivity contribution in [2.24, 2.45) is 0 Å². The molecule has 3 aromatic rings. The number of nitrogens with one attached hydrogen (secondary N) is 2. The van der Waals surface area contributed by atoms with Crippen LogP contribution in [0.5, 0.6) is 11.5 Å². The molecular formula is C22H26N2O5. The SMILES string of the molecule is CC(Cc1c[nH]c2c(OCC(=O)O)cccc12)NCC(O)COc1ccccc1. The predicted molar refractivity (Wildman–Crippen MR) is 111 cm³/mol. The molecule has 3 rings (SSSR count). The Morgan fingerprint density at radius 1 is 1.14 bits per heavy atom. The van der Waals surface area contributed by atoms with Gasteiger partial charge in [-0.25, -0.2) is 4.79 Å². The molecule has 1 aromatic heterocycles. The first-order chi connectivity index (χ1) is 14.0. The fourth-order valence-corrected chi connectivity index (χ4v) is 3.12. The summed E-state index contributed by atoms with van der Waals surface area (Å²) >= 11 is 0. The van der Waals surface area contributed by atoms with E-state index in [-0.39, 0.29) is 19.3 Å². The van der Waals surface area contributed by atoms with Gasteiger partial charge in [0, 0.05) is 24.2 Å². The van der Waals surface area contributed by atoms with Crippen molar-refractivity contribution < 1.29 is 24.5 Å². The number of carbonyl (C=O) groups is 1. The molecule has 0 amide bonds. The van der Waals surface area contributed by atoms with E-state index < -0.39 is 12.1 Å². The van der Waals surface area contributed by atoms with Crippen molar-refractivity contribution in [3.63, 3.8) is 0 Å². The van der Waals surface area contributed by atoms with Gasteiger partial charge in [0.25, 0.3) is 0 Å². The Morgan fingerprint density at radius 3 is 2.69 bits per heavy atom. The van der Waals surface area contributed by atoms with Gasteiger partial charge in [0.2, 0.25) is 0 Å². The number of aromatic nitrogens is 1. The van der Waals surface area contributed by atoms with E-state index in [1.165, 1.54) is 0 Å². The van der Waals surface area contributed by atoms with Crippen LogP contribution in [0, 0.1) is 0 Å². The highest BCUT2D eigenvalue weighted by Crippen LogP contribution is 2.28. The smallest absolute Gasteiger partial charge is 0.341 e. The lowest BCUT2D eigenvalue weighted by Gasteiger charge is -2.17. The second-order valence-corrected chi connectivity index (χ2v) is 6.97. The number of carboxylic acids is 1. The molecule has 0 saturated heterocycles. The number of rotatable bonds is 11. The summed E-state index contributed by atoms with van der Waals surface area (Å²) in [7, 11) is 0. The maximum Gasteiger partial charge on any atom is 0.341 e. The van der Waals surface area contributed by atoms with Gasteiger partial charge < -0.3 is 30.0 Å². The Bertz CT molecular complexity index is 925. The predicted octanol–water partition coefficient (Wildman–Crippen LogP) is 2.59. The Labute approximate surface area is 169 Å². The highest BCUT2D eigenvalue weighted by Gasteiger charge is 2.13. The molecule has 0 saturated carbocycles. The second kappa shape index (κ2) is 9.95. The van der Waals surface area contributed by atoms with Crippen LogP contribution in [0.4, 0.5) is 0 Å². The molecule has 7 heteroatoms. The molecule has 2 atom stereocenters. The summed E-state index contributed by atoms with van der Waals surface area (Å²) in [6.45, 7) is 2.31. The summed E-state index contributed by atoms with van der Waals surface area (Å²) in [5.41, 5.74) is 1.88. The first-order valence-corrected chi connectivity index (χ1v) is 9.56. The number of aliphatic hydroxyl groups is 1. The lowest BCUT2D eigenvalue weighted by Crippen LogP contribution is -2.37. The third-order valence-corrected chi connectivity index (χ3v) is 4.53. The van der Waals surface area contributed by atoms with Crippen molar-refractivity contribution in [3.05, 3.63) is 60.3 Å². The van der Waals surface area contributed by atoms with E-state index in [4.69, 9.17) is 14.6 Å². The molecule has 0 bridgehead atoms. The summed E-state index contributed by atoms with van der Waals surface area (Å²) in [5, 5.41) is 23.3. The summed E-state index contributed by atoms with van der Waals surface area (Å²) in [5.74, 6) is 0.242. The molecule has 0 aliphatic rings. The second-order valence-electron chi connectivity index (χ2n) is 6.97. The molecule has 154 valence electrons. The Morgan fingerprint density at radius 2 is 1.93 bits per heavy atom. The molecule has 0 aliphatic carbocycles. The van der Waals surface area contributed by atoms with Gasteiger partial charge in [-0.1, -0.05) is 30.3 Å². The molecular weight excluding hydrogens is 372 g/mol. The average Bonchev–Trinajstić information content (AvgIpc) is 3.13. The molecule has 2 aromatic carbocycles. The van der Waals surface area contributed by atoms with Crippen LogP contribution in [0.3, 0.4) is 0 Å². The topological polar surface area (TPSA) is 104 Å². The van der Waals surface area contributed by atoms with Crippen LogP contribution in [-0.2, 0) is 11.2 Å². The van der Waals surface area contributed by atoms with E-state index in [1.54, 1.807) is 6.07 Å². The van der Waals surface area contributed by atoms with Crippen molar-refractivity contribution >= 4 is 16.9 Å². The number of hydrogen-bond acceptors (Lipinski definition) is 5. The first-order valence-electron chi connectivity index (χ1n) is 9.56. The van der Waals surface area contributed by atoms with Crippen LogP contribution in [0.15, 0.2) is 54.7 Å². The number of H-pyrrole nitrogens is 1. The molecule has 2 unspecified atom stereocenters. The quantitative estimate of drug-likeness (QED) is 0.396. The number of benzene rings is 2. The lowest BCUT2D eigenvalue weighted by atomic mass is 10.1. The Hall–Kier alpha value is -3.03. The van der Waals surface area contributed by atoms with E-state index in [0.717, 1.165) is 28.6 Å². The minimum absolute atomic E-state index is 0.129. The van der Waals surface area contributed by atoms with Gasteiger partial charge in [-0.3, -0.25) is 0 Å². The molecule has 29 heavy (non-hydrogen) atoms. The van der Waals surface area contributed by atoms with Crippen LogP contribution in [0.25, 0.3) is 10.9 Å². The Balaban J connectivity index is 1.51. The van der Waals surface area contributed by atoms with Gasteiger partial charge in [0.05, 0.1) is 5.52 Å². The van der Waals surface area contributed by atoms with Crippen LogP contribution in [0.1, 0.15) is 12.5 Å². The summed E-state index contributed by atoms with van der Waals surface area (Å²) in [6.07, 6.45) is 2.04. The number of aliphatic carboxylic acids is 1. The zero-order valence-electron chi connectivity index (χ0n) is 16.3. The number of ether oxygens (including phenoxy) is 2. The zero-order valence-corrected chi connectivity index (χ0v) is 16.3. The molecule has 1 heterocycles. The largest absolute Gasteiger partial charge is 0.491 e. The maximum atomic E-state index is 10.7. The molecule has 0 spiro atoms. The molecule has 7 nitrogen and oxygen atoms in total. The third kappa shape index (κ3) is 5.97. The fourth-order valence-electron chi connectivity index (χ4n) is 3.12. The van der Waals surface area contributed by atoms with Crippen molar-refractivity contribution in [1.29, 1.82) is 0 Å². The fraction of sp³-hybridized carbons (Fsp3) is 0.318. The van der Waals surface area contributed by atoms with E-state index in [1.807, 2.05) is 55.6 Å². The summed E-state index contributed by atoms with van der Waals surface area (Å²) < 4.78 is 10.9. The summed E-state index contributed by atoms with van der Waals surface area (Å²) in [6, 6.07) is 15.1. The van der Waals surface area contributed by atoms with Gasteiger partial charge in [-0.05, 0) is 37.1 Å². The zero-order chi connectivity index (χ0) is 20.6. The van der Waals surface area contributed by atoms with Crippen LogP contribution in [-0.4, -0.2) is 53.1 Å². The number of hydrogen-bond donors (Lipinski definition) is 4. The van der Waals surface area contributed by atoms with Crippen LogP contribution >= 0.6 is 0 Å². The number of para-hydroxylation sites is 2. The molecule has 0 radical (unpaired) electrons. The van der Waals surface area contributed by atoms with E-state index >= 15 is 0 Å². The maximum absolute atomic E-state index is 10.7. The lowest BCUT2D eigenvalue weighted by molar-refractivity contribution is -0.139. The van der Waals surface area contributed by atoms with Gasteiger partial charge >= 0.3 is 5.97 Å². The van der Waals surface area contributed by atoms with Gasteiger partial charge in [-0.15, -0.1) is 0 Å². The number of aromatic amines is 1. The third-order valence-electron chi connectivity index (χ3n) is 4.53. The van der Waals surface area contributed by atoms with Crippen molar-refractivity contribution in [2.75, 3.05) is 19.8 Å². The minimum atomic E-state index is -1.01. The monoisotopic (exact) mass is 398 g/mol. The Kier molecular flexibility index (Phi) is 7.10. The number of aliphatic hydroxyl groups excluding tert-OH is 1. The standard InChI is InChI=1S/C22H26N2O5/c1-15(23-12-17(25)13-28-18-6-3-2-4-7-18)10-16-11-24-22-19(16)8-5-9-20(22)29-14-21(26)27/h2-9,11,15,17,23-25H,10,12-14H2,1H3,(H,26,27). The van der Waals surface area contributed by atoms with Crippen molar-refractivity contribution in [2.45, 2.75) is 25.5 Å². The van der Waals surface area contributed by atoms with E-state index in [9.17, 15) is 9.90 Å². The number of carboxylic acid groups (broad SMARTS) is 1. The summed E-state index contributed by atoms with van der Waals surface area (Å²) in [4.78, 5) is 13.9. The highest BCUT2D eigenvalue weighted by molar-refractivity contribution is 5.88. The molecule has 0 fully saturated rings.